The van der Waals surface area contributed by atoms with Gasteiger partial charge in [0.05, 0.1) is 25.0 Å². The number of alkyl halides is 1. The molecule has 0 spiro atoms. The van der Waals surface area contributed by atoms with Crippen LogP contribution in [0.4, 0.5) is 4.39 Å². The number of esters is 1. The fourth-order valence-electron chi connectivity index (χ4n) is 8.47. The van der Waals surface area contributed by atoms with Gasteiger partial charge in [-0.15, -0.1) is 0 Å². The zero-order valence-electron chi connectivity index (χ0n) is 22.1. The van der Waals surface area contributed by atoms with Gasteiger partial charge in [0.15, 0.2) is 23.8 Å². The van der Waals surface area contributed by atoms with Crippen LogP contribution in [-0.2, 0) is 33.4 Å². The Morgan fingerprint density at radius 2 is 1.87 bits per heavy atom. The number of fused-ring (bicyclic) bond motifs is 7. The Labute approximate surface area is 220 Å². The quantitative estimate of drug-likeness (QED) is 0.493. The first-order valence-corrected chi connectivity index (χ1v) is 13.2. The highest BCUT2D eigenvalue weighted by Crippen LogP contribution is 2.70. The number of carbonyl (C=O) groups excluding carboxylic acids is 3. The van der Waals surface area contributed by atoms with E-state index in [0.29, 0.717) is 12.0 Å². The molecule has 0 amide bonds. The second kappa shape index (κ2) is 8.79. The van der Waals surface area contributed by atoms with Gasteiger partial charge < -0.3 is 24.4 Å². The Kier molecular flexibility index (Phi) is 6.28. The van der Waals surface area contributed by atoms with Crippen LogP contribution in [0.1, 0.15) is 59.8 Å². The standard InChI is InChI=1S/C28H35FO9/c1-25(2)37-21-11-16-15-10-18(29)17-9-14(30)7-8-26(17,3)24(15)19(31)12-27(16,4)28(21,38-25)20(32)13-36-23(35)6-5-22(33)34/h7-9,15-16,18-19,21,24,31H,5-6,10-13H2,1-4H3,(H,33,34)/t15-,16-,18-,19-,21+,24+,26-,27-,28+/m0/s1. The molecule has 0 aromatic rings. The van der Waals surface area contributed by atoms with Crippen LogP contribution in [0, 0.1) is 28.6 Å². The molecule has 1 saturated heterocycles. The van der Waals surface area contributed by atoms with Gasteiger partial charge in [0.1, 0.15) is 6.17 Å². The molecular weight excluding hydrogens is 499 g/mol. The Morgan fingerprint density at radius 1 is 1.16 bits per heavy atom. The predicted molar refractivity (Wildman–Crippen MR) is 129 cm³/mol. The number of aliphatic hydroxyl groups excluding tert-OH is 1. The summed E-state index contributed by atoms with van der Waals surface area (Å²) in [6.07, 6.45) is 1.40. The lowest BCUT2D eigenvalue weighted by atomic mass is 9.46. The van der Waals surface area contributed by atoms with Crippen molar-refractivity contribution < 1.29 is 48.0 Å². The van der Waals surface area contributed by atoms with Gasteiger partial charge in [-0.2, -0.15) is 0 Å². The summed E-state index contributed by atoms with van der Waals surface area (Å²) in [4.78, 5) is 48.8. The number of ether oxygens (including phenoxy) is 3. The normalized spacial score (nSPS) is 44.4. The van der Waals surface area contributed by atoms with Gasteiger partial charge in [0, 0.05) is 16.7 Å². The zero-order chi connectivity index (χ0) is 27.8. The molecule has 10 heteroatoms. The minimum absolute atomic E-state index is 0.106. The van der Waals surface area contributed by atoms with Crippen LogP contribution in [0.25, 0.3) is 0 Å². The van der Waals surface area contributed by atoms with Crippen molar-refractivity contribution >= 4 is 23.5 Å². The van der Waals surface area contributed by atoms with Crippen molar-refractivity contribution in [2.24, 2.45) is 28.6 Å². The number of halogens is 1. The van der Waals surface area contributed by atoms with Crippen molar-refractivity contribution in [3.63, 3.8) is 0 Å². The van der Waals surface area contributed by atoms with Gasteiger partial charge in [-0.1, -0.05) is 19.9 Å². The van der Waals surface area contributed by atoms with E-state index in [2.05, 4.69) is 0 Å². The van der Waals surface area contributed by atoms with Gasteiger partial charge in [0.2, 0.25) is 5.78 Å². The van der Waals surface area contributed by atoms with Crippen molar-refractivity contribution in [1.29, 1.82) is 0 Å². The number of allylic oxidation sites excluding steroid dienone is 4. The van der Waals surface area contributed by atoms with Crippen molar-refractivity contribution in [3.05, 3.63) is 23.8 Å². The third-order valence-electron chi connectivity index (χ3n) is 9.79. The summed E-state index contributed by atoms with van der Waals surface area (Å²) >= 11 is 0. The summed E-state index contributed by atoms with van der Waals surface area (Å²) in [5.41, 5.74) is -2.95. The Hall–Kier alpha value is -2.43. The van der Waals surface area contributed by atoms with Crippen molar-refractivity contribution in [3.8, 4) is 0 Å². The monoisotopic (exact) mass is 534 g/mol. The maximum absolute atomic E-state index is 15.7. The molecule has 4 fully saturated rings. The van der Waals surface area contributed by atoms with E-state index in [1.54, 1.807) is 19.9 Å². The zero-order valence-corrected chi connectivity index (χ0v) is 22.1. The number of hydrogen-bond donors (Lipinski definition) is 2. The van der Waals surface area contributed by atoms with E-state index in [0.717, 1.165) is 0 Å². The summed E-state index contributed by atoms with van der Waals surface area (Å²) in [5, 5.41) is 20.5. The van der Waals surface area contributed by atoms with Gasteiger partial charge in [0.25, 0.3) is 0 Å². The molecule has 4 aliphatic carbocycles. The molecule has 9 atom stereocenters. The van der Waals surface area contributed by atoms with Crippen molar-refractivity contribution in [1.82, 2.24) is 0 Å². The van der Waals surface area contributed by atoms with E-state index < -0.39 is 71.3 Å². The van der Waals surface area contributed by atoms with Crippen LogP contribution >= 0.6 is 0 Å². The highest BCUT2D eigenvalue weighted by Gasteiger charge is 2.77. The second-order valence-corrected chi connectivity index (χ2v) is 12.4. The number of ketones is 2. The van der Waals surface area contributed by atoms with E-state index in [1.807, 2.05) is 13.8 Å². The maximum Gasteiger partial charge on any atom is 0.306 e. The minimum Gasteiger partial charge on any atom is -0.481 e. The number of rotatable bonds is 6. The first-order chi connectivity index (χ1) is 17.6. The number of aliphatic carboxylic acids is 1. The van der Waals surface area contributed by atoms with E-state index in [1.165, 1.54) is 12.2 Å². The molecule has 1 heterocycles. The van der Waals surface area contributed by atoms with Gasteiger partial charge >= 0.3 is 11.9 Å². The summed E-state index contributed by atoms with van der Waals surface area (Å²) in [7, 11) is 0. The fourth-order valence-corrected chi connectivity index (χ4v) is 8.47. The maximum atomic E-state index is 15.7. The molecule has 5 aliphatic rings. The van der Waals surface area contributed by atoms with Crippen LogP contribution in [0.3, 0.4) is 0 Å². The average molecular weight is 535 g/mol. The van der Waals surface area contributed by atoms with Gasteiger partial charge in [-0.25, -0.2) is 4.39 Å². The molecule has 5 rings (SSSR count). The molecule has 3 saturated carbocycles. The number of aliphatic hydroxyl groups is 1. The number of carboxylic acids is 1. The largest absolute Gasteiger partial charge is 0.481 e. The lowest BCUT2D eigenvalue weighted by molar-refractivity contribution is -0.227. The third-order valence-corrected chi connectivity index (χ3v) is 9.79. The topological polar surface area (TPSA) is 136 Å². The molecule has 0 radical (unpaired) electrons. The number of carbonyl (C=O) groups is 4. The molecule has 2 N–H and O–H groups in total. The van der Waals surface area contributed by atoms with Crippen LogP contribution in [0.2, 0.25) is 0 Å². The summed E-state index contributed by atoms with van der Waals surface area (Å²) in [5.74, 6) is -4.79. The van der Waals surface area contributed by atoms with E-state index in [4.69, 9.17) is 19.3 Å². The number of carboxylic acid groups (broad SMARTS) is 1. The Bertz CT molecular complexity index is 1140. The lowest BCUT2D eigenvalue weighted by Crippen LogP contribution is -2.64. The molecule has 0 unspecified atom stereocenters. The van der Waals surface area contributed by atoms with Crippen LogP contribution in [0.5, 0.6) is 0 Å². The number of Topliss-reactive ketones (excluding diaryl/α,β-unsaturated/α-hetero) is 1. The molecule has 0 aromatic heterocycles. The minimum atomic E-state index is -1.54. The predicted octanol–water partition coefficient (Wildman–Crippen LogP) is 2.69. The molecular formula is C28H35FO9. The molecule has 0 bridgehead atoms. The SMILES string of the molecule is CC1(C)O[C@@H]2C[C@H]3[C@@H]4C[C@H](F)C5=CC(=O)C=C[C@]5(C)[C@H]4[C@@H](O)C[C@]3(C)[C@]2(C(=O)COC(=O)CCC(=O)O)O1. The van der Waals surface area contributed by atoms with E-state index in [9.17, 15) is 24.3 Å². The van der Waals surface area contributed by atoms with E-state index in [-0.39, 0.29) is 42.8 Å². The Balaban J connectivity index is 1.48. The summed E-state index contributed by atoms with van der Waals surface area (Å²) in [6, 6.07) is 0. The highest BCUT2D eigenvalue weighted by atomic mass is 19.1. The third kappa shape index (κ3) is 3.82. The fraction of sp³-hybridized carbons (Fsp3) is 0.714. The summed E-state index contributed by atoms with van der Waals surface area (Å²) < 4.78 is 33.4. The summed E-state index contributed by atoms with van der Waals surface area (Å²) in [6.45, 7) is 6.50. The molecule has 38 heavy (non-hydrogen) atoms. The van der Waals surface area contributed by atoms with Crippen LogP contribution in [-0.4, -0.2) is 70.1 Å². The van der Waals surface area contributed by atoms with Crippen LogP contribution < -0.4 is 0 Å². The van der Waals surface area contributed by atoms with Crippen LogP contribution in [0.15, 0.2) is 23.8 Å². The van der Waals surface area contributed by atoms with Gasteiger partial charge in [-0.3, -0.25) is 19.2 Å². The lowest BCUT2D eigenvalue weighted by Gasteiger charge is -2.60. The number of hydrogen-bond acceptors (Lipinski definition) is 8. The van der Waals surface area contributed by atoms with Gasteiger partial charge in [-0.05, 0) is 62.7 Å². The molecule has 0 aromatic carbocycles. The highest BCUT2D eigenvalue weighted by molar-refractivity contribution is 6.01. The van der Waals surface area contributed by atoms with Crippen molar-refractivity contribution in [2.75, 3.05) is 6.61 Å². The van der Waals surface area contributed by atoms with E-state index >= 15 is 4.39 Å². The average Bonchev–Trinajstić information content (AvgIpc) is 3.22. The molecule has 208 valence electrons. The smallest absolute Gasteiger partial charge is 0.306 e. The second-order valence-electron chi connectivity index (χ2n) is 12.4. The Morgan fingerprint density at radius 3 is 2.55 bits per heavy atom. The molecule has 1 aliphatic heterocycles. The first-order valence-electron chi connectivity index (χ1n) is 13.2. The first kappa shape index (κ1) is 27.1. The molecule has 9 nitrogen and oxygen atoms in total. The van der Waals surface area contributed by atoms with Crippen molar-refractivity contribution in [2.45, 2.75) is 89.6 Å².